The van der Waals surface area contributed by atoms with Gasteiger partial charge in [-0.25, -0.2) is 4.68 Å². The zero-order chi connectivity index (χ0) is 12.8. The van der Waals surface area contributed by atoms with Crippen molar-refractivity contribution in [2.75, 3.05) is 7.11 Å². The largest absolute Gasteiger partial charge is 0.481 e. The summed E-state index contributed by atoms with van der Waals surface area (Å²) in [6.45, 7) is 2.37. The van der Waals surface area contributed by atoms with Crippen molar-refractivity contribution in [3.63, 3.8) is 0 Å². The number of nitrogens with one attached hydrogen (secondary N) is 1. The Morgan fingerprint density at radius 1 is 1.71 bits per heavy atom. The lowest BCUT2D eigenvalue weighted by Crippen LogP contribution is -2.40. The van der Waals surface area contributed by atoms with Crippen LogP contribution in [0.4, 0.5) is 0 Å². The second kappa shape index (κ2) is 6.24. The van der Waals surface area contributed by atoms with Gasteiger partial charge in [0.1, 0.15) is 0 Å². The first-order valence-corrected chi connectivity index (χ1v) is 5.68. The Hall–Kier alpha value is -1.56. The molecule has 17 heavy (non-hydrogen) atoms. The van der Waals surface area contributed by atoms with E-state index in [4.69, 9.17) is 10.5 Å². The number of ether oxygens (including phenoxy) is 1. The van der Waals surface area contributed by atoms with Crippen LogP contribution in [0.1, 0.15) is 25.5 Å². The molecule has 0 aliphatic heterocycles. The van der Waals surface area contributed by atoms with Crippen LogP contribution >= 0.6 is 0 Å². The lowest BCUT2D eigenvalue weighted by molar-refractivity contribution is -0.122. The summed E-state index contributed by atoms with van der Waals surface area (Å²) in [6.07, 6.45) is 1.59. The van der Waals surface area contributed by atoms with E-state index in [2.05, 4.69) is 10.4 Å². The Morgan fingerprint density at radius 3 is 2.94 bits per heavy atom. The van der Waals surface area contributed by atoms with Crippen LogP contribution in [0.25, 0.3) is 0 Å². The predicted octanol–water partition coefficient (Wildman–Crippen LogP) is 0.172. The highest BCUT2D eigenvalue weighted by Gasteiger charge is 2.12. The Balaban J connectivity index is 2.47. The van der Waals surface area contributed by atoms with Gasteiger partial charge in [-0.1, -0.05) is 13.3 Å². The van der Waals surface area contributed by atoms with Crippen molar-refractivity contribution in [1.82, 2.24) is 15.1 Å². The minimum absolute atomic E-state index is 0.142. The average Bonchev–Trinajstić information content (AvgIpc) is 2.67. The molecule has 6 nitrogen and oxygen atoms in total. The fourth-order valence-electron chi connectivity index (χ4n) is 1.54. The van der Waals surface area contributed by atoms with Gasteiger partial charge in [-0.2, -0.15) is 5.10 Å². The van der Waals surface area contributed by atoms with E-state index in [0.717, 1.165) is 12.1 Å². The van der Waals surface area contributed by atoms with E-state index >= 15 is 0 Å². The number of carbonyl (C=O) groups excluding carboxylic acids is 1. The molecule has 1 amide bonds. The molecule has 0 saturated carbocycles. The molecule has 1 atom stereocenters. The number of nitrogens with two attached hydrogens (primary N) is 1. The van der Waals surface area contributed by atoms with Crippen LogP contribution in [0.15, 0.2) is 6.07 Å². The lowest BCUT2D eigenvalue weighted by Gasteiger charge is -2.09. The van der Waals surface area contributed by atoms with E-state index in [1.807, 2.05) is 6.92 Å². The maximum absolute atomic E-state index is 11.6. The lowest BCUT2D eigenvalue weighted by atomic mass is 10.2. The molecule has 0 fully saturated rings. The second-order valence-corrected chi connectivity index (χ2v) is 3.91. The van der Waals surface area contributed by atoms with E-state index in [1.54, 1.807) is 24.9 Å². The maximum Gasteiger partial charge on any atom is 0.237 e. The third kappa shape index (κ3) is 3.74. The van der Waals surface area contributed by atoms with Gasteiger partial charge in [0.25, 0.3) is 0 Å². The molecule has 0 bridgehead atoms. The van der Waals surface area contributed by atoms with Gasteiger partial charge in [0.05, 0.1) is 25.4 Å². The molecule has 0 unspecified atom stereocenters. The van der Waals surface area contributed by atoms with Gasteiger partial charge < -0.3 is 15.8 Å². The van der Waals surface area contributed by atoms with Gasteiger partial charge >= 0.3 is 0 Å². The van der Waals surface area contributed by atoms with Gasteiger partial charge in [0.15, 0.2) is 0 Å². The number of hydrogen-bond donors (Lipinski definition) is 2. The Labute approximate surface area is 101 Å². The molecule has 1 rings (SSSR count). The van der Waals surface area contributed by atoms with Crippen molar-refractivity contribution in [2.24, 2.45) is 12.8 Å². The highest BCUT2D eigenvalue weighted by Crippen LogP contribution is 2.10. The van der Waals surface area contributed by atoms with Crippen molar-refractivity contribution in [3.8, 4) is 5.88 Å². The number of rotatable bonds is 6. The fourth-order valence-corrected chi connectivity index (χ4v) is 1.54. The van der Waals surface area contributed by atoms with Gasteiger partial charge in [-0.3, -0.25) is 4.79 Å². The Bertz CT molecular complexity index is 376. The summed E-state index contributed by atoms with van der Waals surface area (Å²) in [6, 6.07) is 1.34. The molecule has 3 N–H and O–H groups in total. The van der Waals surface area contributed by atoms with E-state index in [9.17, 15) is 4.79 Å². The molecular weight excluding hydrogens is 220 g/mol. The minimum Gasteiger partial charge on any atom is -0.481 e. The SMILES string of the molecule is CCC[C@H](N)C(=O)NCc1cc(OC)n(C)n1. The van der Waals surface area contributed by atoms with Crippen molar-refractivity contribution >= 4 is 5.91 Å². The first kappa shape index (κ1) is 13.5. The van der Waals surface area contributed by atoms with Crippen LogP contribution in [0.5, 0.6) is 5.88 Å². The summed E-state index contributed by atoms with van der Waals surface area (Å²) in [5.41, 5.74) is 6.44. The molecule has 1 heterocycles. The fraction of sp³-hybridized carbons (Fsp3) is 0.636. The van der Waals surface area contributed by atoms with Gasteiger partial charge in [0.2, 0.25) is 11.8 Å². The maximum atomic E-state index is 11.6. The van der Waals surface area contributed by atoms with E-state index < -0.39 is 6.04 Å². The van der Waals surface area contributed by atoms with Crippen molar-refractivity contribution in [1.29, 1.82) is 0 Å². The Morgan fingerprint density at radius 2 is 2.41 bits per heavy atom. The molecule has 0 spiro atoms. The van der Waals surface area contributed by atoms with Gasteiger partial charge in [0, 0.05) is 13.1 Å². The highest BCUT2D eigenvalue weighted by atomic mass is 16.5. The van der Waals surface area contributed by atoms with Crippen LogP contribution in [0.2, 0.25) is 0 Å². The summed E-state index contributed by atoms with van der Waals surface area (Å²) in [4.78, 5) is 11.6. The first-order chi connectivity index (χ1) is 8.08. The topological polar surface area (TPSA) is 82.2 Å². The van der Waals surface area contributed by atoms with E-state index in [1.165, 1.54) is 0 Å². The van der Waals surface area contributed by atoms with E-state index in [-0.39, 0.29) is 5.91 Å². The molecule has 0 radical (unpaired) electrons. The molecule has 6 heteroatoms. The summed E-state index contributed by atoms with van der Waals surface area (Å²) >= 11 is 0. The number of hydrogen-bond acceptors (Lipinski definition) is 4. The van der Waals surface area contributed by atoms with Crippen LogP contribution in [-0.2, 0) is 18.4 Å². The standard InChI is InChI=1S/C11H20N4O2/c1-4-5-9(12)11(16)13-7-8-6-10(17-3)15(2)14-8/h6,9H,4-5,7,12H2,1-3H3,(H,13,16)/t9-/m0/s1. The van der Waals surface area contributed by atoms with Crippen molar-refractivity contribution in [3.05, 3.63) is 11.8 Å². The van der Waals surface area contributed by atoms with Crippen molar-refractivity contribution in [2.45, 2.75) is 32.4 Å². The molecule has 0 aliphatic carbocycles. The molecular formula is C11H20N4O2. The summed E-state index contributed by atoms with van der Waals surface area (Å²) in [5.74, 6) is 0.517. The normalized spacial score (nSPS) is 12.2. The number of methoxy groups -OCH3 is 1. The van der Waals surface area contributed by atoms with Gasteiger partial charge in [-0.15, -0.1) is 0 Å². The minimum atomic E-state index is -0.439. The van der Waals surface area contributed by atoms with Crippen molar-refractivity contribution < 1.29 is 9.53 Å². The second-order valence-electron chi connectivity index (χ2n) is 3.91. The number of nitrogens with zero attached hydrogens (tertiary/aromatic N) is 2. The third-order valence-electron chi connectivity index (χ3n) is 2.48. The van der Waals surface area contributed by atoms with Gasteiger partial charge in [-0.05, 0) is 6.42 Å². The number of amides is 1. The molecule has 0 aliphatic rings. The first-order valence-electron chi connectivity index (χ1n) is 5.68. The summed E-state index contributed by atoms with van der Waals surface area (Å²) in [7, 11) is 3.36. The average molecular weight is 240 g/mol. The van der Waals surface area contributed by atoms with Crippen LogP contribution in [0, 0.1) is 0 Å². The quantitative estimate of drug-likeness (QED) is 0.742. The molecule has 1 aromatic heterocycles. The highest BCUT2D eigenvalue weighted by molar-refractivity contribution is 5.81. The predicted molar refractivity (Wildman–Crippen MR) is 64.5 cm³/mol. The zero-order valence-electron chi connectivity index (χ0n) is 10.6. The monoisotopic (exact) mass is 240 g/mol. The van der Waals surface area contributed by atoms with E-state index in [0.29, 0.717) is 18.8 Å². The summed E-state index contributed by atoms with van der Waals surface area (Å²) < 4.78 is 6.70. The third-order valence-corrected chi connectivity index (χ3v) is 2.48. The van der Waals surface area contributed by atoms with Crippen LogP contribution < -0.4 is 15.8 Å². The van der Waals surface area contributed by atoms with Crippen LogP contribution in [0.3, 0.4) is 0 Å². The number of aromatic nitrogens is 2. The molecule has 0 saturated heterocycles. The smallest absolute Gasteiger partial charge is 0.237 e. The number of carbonyl (C=O) groups is 1. The van der Waals surface area contributed by atoms with Crippen LogP contribution in [-0.4, -0.2) is 28.8 Å². The summed E-state index contributed by atoms with van der Waals surface area (Å²) in [5, 5.41) is 6.95. The Kier molecular flexibility index (Phi) is 4.96. The zero-order valence-corrected chi connectivity index (χ0v) is 10.6. The molecule has 0 aromatic carbocycles. The molecule has 1 aromatic rings. The number of aryl methyl sites for hydroxylation is 1. The molecule has 96 valence electrons.